The van der Waals surface area contributed by atoms with Gasteiger partial charge in [-0.25, -0.2) is 4.98 Å². The molecular formula is C32H34Cl2N6O2. The molecule has 0 aliphatic carbocycles. The van der Waals surface area contributed by atoms with Gasteiger partial charge in [0.05, 0.1) is 28.0 Å². The number of nitrogens with zero attached hydrogens (tertiary/aromatic N) is 6. The monoisotopic (exact) mass is 604 g/mol. The molecule has 1 aromatic heterocycles. The molecule has 8 nitrogen and oxygen atoms in total. The Hall–Kier alpha value is -3.51. The van der Waals surface area contributed by atoms with Crippen LogP contribution in [0.5, 0.6) is 5.88 Å². The highest BCUT2D eigenvalue weighted by Crippen LogP contribution is 2.41. The van der Waals surface area contributed by atoms with E-state index in [0.717, 1.165) is 59.3 Å². The Morgan fingerprint density at radius 2 is 1.95 bits per heavy atom. The lowest BCUT2D eigenvalue weighted by Gasteiger charge is -2.39. The first-order valence-corrected chi connectivity index (χ1v) is 15.2. The third-order valence-electron chi connectivity index (χ3n) is 8.83. The van der Waals surface area contributed by atoms with E-state index in [9.17, 15) is 10.1 Å². The first-order valence-electron chi connectivity index (χ1n) is 14.5. The van der Waals surface area contributed by atoms with Gasteiger partial charge < -0.3 is 24.3 Å². The van der Waals surface area contributed by atoms with E-state index in [2.05, 4.69) is 40.5 Å². The second-order valence-electron chi connectivity index (χ2n) is 11.2. The molecule has 0 spiro atoms. The summed E-state index contributed by atoms with van der Waals surface area (Å²) in [5.41, 5.74) is 4.34. The second kappa shape index (κ2) is 12.0. The average Bonchev–Trinajstić information content (AvgIpc) is 3.44. The van der Waals surface area contributed by atoms with Crippen LogP contribution in [0.25, 0.3) is 10.8 Å². The maximum Gasteiger partial charge on any atom is 0.246 e. The number of nitriles is 1. The molecule has 6 rings (SSSR count). The molecule has 218 valence electrons. The van der Waals surface area contributed by atoms with Crippen LogP contribution in [0.1, 0.15) is 29.7 Å². The zero-order valence-electron chi connectivity index (χ0n) is 23.8. The van der Waals surface area contributed by atoms with Gasteiger partial charge in [-0.15, -0.1) is 0 Å². The third-order valence-corrected chi connectivity index (χ3v) is 9.63. The van der Waals surface area contributed by atoms with Crippen molar-refractivity contribution in [1.82, 2.24) is 14.8 Å². The topological polar surface area (TPSA) is 75.9 Å². The fourth-order valence-electron chi connectivity index (χ4n) is 6.49. The van der Waals surface area contributed by atoms with Gasteiger partial charge in [0.15, 0.2) is 0 Å². The molecule has 1 amide bonds. The van der Waals surface area contributed by atoms with Crippen LogP contribution in [0.2, 0.25) is 10.0 Å². The van der Waals surface area contributed by atoms with Gasteiger partial charge in [-0.05, 0) is 56.4 Å². The van der Waals surface area contributed by atoms with Crippen molar-refractivity contribution in [3.63, 3.8) is 0 Å². The van der Waals surface area contributed by atoms with Gasteiger partial charge in [-0.3, -0.25) is 4.79 Å². The van der Waals surface area contributed by atoms with Crippen LogP contribution in [0.4, 0.5) is 11.4 Å². The summed E-state index contributed by atoms with van der Waals surface area (Å²) < 4.78 is 6.37. The molecule has 1 atom stereocenters. The van der Waals surface area contributed by atoms with E-state index < -0.39 is 0 Å². The van der Waals surface area contributed by atoms with Crippen molar-refractivity contribution < 1.29 is 9.53 Å². The summed E-state index contributed by atoms with van der Waals surface area (Å²) in [5.74, 6) is 0.318. The Balaban J connectivity index is 1.38. The van der Waals surface area contributed by atoms with Crippen molar-refractivity contribution in [3.8, 4) is 11.9 Å². The van der Waals surface area contributed by atoms with Crippen LogP contribution >= 0.6 is 23.2 Å². The van der Waals surface area contributed by atoms with Crippen molar-refractivity contribution in [1.29, 1.82) is 5.26 Å². The van der Waals surface area contributed by atoms with Crippen LogP contribution in [-0.2, 0) is 17.8 Å². The number of carbonyl (C=O) groups is 1. The molecule has 3 aromatic rings. The summed E-state index contributed by atoms with van der Waals surface area (Å²) in [6.07, 6.45) is 4.27. The molecule has 3 aliphatic heterocycles. The molecule has 4 heterocycles. The smallest absolute Gasteiger partial charge is 0.246 e. The first kappa shape index (κ1) is 28.6. The predicted octanol–water partition coefficient (Wildman–Crippen LogP) is 5.28. The lowest BCUT2D eigenvalue weighted by atomic mass is 9.97. The number of halogens is 2. The van der Waals surface area contributed by atoms with Gasteiger partial charge >= 0.3 is 0 Å². The normalized spacial score (nSPS) is 19.1. The fourth-order valence-corrected chi connectivity index (χ4v) is 6.92. The maximum atomic E-state index is 12.2. The van der Waals surface area contributed by atoms with Gasteiger partial charge in [0.25, 0.3) is 0 Å². The zero-order valence-corrected chi connectivity index (χ0v) is 25.3. The Kier molecular flexibility index (Phi) is 8.17. The minimum absolute atomic E-state index is 0.0684. The quantitative estimate of drug-likeness (QED) is 0.354. The van der Waals surface area contributed by atoms with Crippen LogP contribution in [0.15, 0.2) is 43.0 Å². The fraction of sp³-hybridized carbons (Fsp3) is 0.406. The SMILES string of the molecule is C=CC(=O)N1CCN(c2c(C#N)c(OC[C@@H]3CCCN3C)nc3c2CCN(c2cccc4ccc(Cl)c(Cl)c24)C3)CC1. The summed E-state index contributed by atoms with van der Waals surface area (Å²) in [6, 6.07) is 12.7. The number of likely N-dealkylation sites (tertiary alicyclic amines) is 1. The van der Waals surface area contributed by atoms with E-state index in [0.29, 0.717) is 73.3 Å². The van der Waals surface area contributed by atoms with E-state index in [4.69, 9.17) is 32.9 Å². The van der Waals surface area contributed by atoms with Crippen LogP contribution in [-0.4, -0.2) is 79.7 Å². The van der Waals surface area contributed by atoms with Crippen LogP contribution in [0, 0.1) is 11.3 Å². The van der Waals surface area contributed by atoms with E-state index in [1.165, 1.54) is 6.08 Å². The van der Waals surface area contributed by atoms with Crippen molar-refractivity contribution in [3.05, 3.63) is 69.9 Å². The molecule has 3 aliphatic rings. The number of likely N-dealkylation sites (N-methyl/N-ethyl adjacent to an activating group) is 1. The summed E-state index contributed by atoms with van der Waals surface area (Å²) in [6.45, 7) is 8.82. The lowest BCUT2D eigenvalue weighted by molar-refractivity contribution is -0.126. The van der Waals surface area contributed by atoms with Gasteiger partial charge in [0.1, 0.15) is 18.2 Å². The van der Waals surface area contributed by atoms with E-state index in [-0.39, 0.29) is 5.91 Å². The first-order chi connectivity index (χ1) is 20.4. The number of fused-ring (bicyclic) bond motifs is 2. The second-order valence-corrected chi connectivity index (χ2v) is 12.0. The van der Waals surface area contributed by atoms with Gasteiger partial charge in [0.2, 0.25) is 11.8 Å². The minimum Gasteiger partial charge on any atom is -0.475 e. The number of anilines is 2. The lowest BCUT2D eigenvalue weighted by Crippen LogP contribution is -2.49. The highest BCUT2D eigenvalue weighted by molar-refractivity contribution is 6.46. The highest BCUT2D eigenvalue weighted by atomic mass is 35.5. The number of hydrogen-bond acceptors (Lipinski definition) is 7. The number of pyridine rings is 1. The Morgan fingerprint density at radius 1 is 1.14 bits per heavy atom. The molecule has 2 saturated heterocycles. The van der Waals surface area contributed by atoms with Crippen LogP contribution in [0.3, 0.4) is 0 Å². The summed E-state index contributed by atoms with van der Waals surface area (Å²) in [5, 5.41) is 13.5. The molecule has 0 saturated carbocycles. The standard InChI is InChI=1S/C32H34Cl2N6O2/c1-3-28(41)38-14-16-39(17-15-38)31-23-11-13-40(27-8-4-6-21-9-10-25(33)30(34)29(21)27)19-26(23)36-32(24(31)18-35)42-20-22-7-5-12-37(22)2/h3-4,6,8-10,22H,1,5,7,11-17,19-20H2,2H3/t22-/m0/s1. The number of aromatic nitrogens is 1. The number of benzene rings is 2. The van der Waals surface area contributed by atoms with E-state index >= 15 is 0 Å². The largest absolute Gasteiger partial charge is 0.475 e. The third kappa shape index (κ3) is 5.26. The molecule has 0 radical (unpaired) electrons. The molecule has 10 heteroatoms. The zero-order chi connectivity index (χ0) is 29.4. The number of piperazine rings is 1. The van der Waals surface area contributed by atoms with Crippen molar-refractivity contribution in [2.24, 2.45) is 0 Å². The number of carbonyl (C=O) groups excluding carboxylic acids is 1. The number of amides is 1. The number of ether oxygens (including phenoxy) is 1. The average molecular weight is 606 g/mol. The van der Waals surface area contributed by atoms with Crippen molar-refractivity contribution in [2.45, 2.75) is 31.8 Å². The predicted molar refractivity (Wildman–Crippen MR) is 168 cm³/mol. The molecule has 2 fully saturated rings. The molecule has 42 heavy (non-hydrogen) atoms. The van der Waals surface area contributed by atoms with Crippen molar-refractivity contribution in [2.75, 3.05) is 62.7 Å². The van der Waals surface area contributed by atoms with Gasteiger partial charge in [-0.2, -0.15) is 5.26 Å². The number of rotatable bonds is 6. The van der Waals surface area contributed by atoms with Gasteiger partial charge in [0, 0.05) is 55.4 Å². The molecular weight excluding hydrogens is 571 g/mol. The molecule has 0 unspecified atom stereocenters. The van der Waals surface area contributed by atoms with Gasteiger partial charge in [-0.1, -0.05) is 48.0 Å². The Morgan fingerprint density at radius 3 is 2.67 bits per heavy atom. The summed E-state index contributed by atoms with van der Waals surface area (Å²) in [4.78, 5) is 25.9. The maximum absolute atomic E-state index is 12.2. The van der Waals surface area contributed by atoms with E-state index in [1.54, 1.807) is 4.90 Å². The molecule has 0 bridgehead atoms. The Bertz CT molecular complexity index is 1580. The van der Waals surface area contributed by atoms with Crippen molar-refractivity contribution >= 4 is 51.3 Å². The number of hydrogen-bond donors (Lipinski definition) is 0. The Labute approximate surface area is 256 Å². The highest BCUT2D eigenvalue weighted by Gasteiger charge is 2.32. The molecule has 0 N–H and O–H groups in total. The molecule has 2 aromatic carbocycles. The van der Waals surface area contributed by atoms with E-state index in [1.807, 2.05) is 24.3 Å². The summed E-state index contributed by atoms with van der Waals surface area (Å²) in [7, 11) is 2.11. The summed E-state index contributed by atoms with van der Waals surface area (Å²) >= 11 is 13.2. The minimum atomic E-state index is -0.0684. The van der Waals surface area contributed by atoms with Crippen LogP contribution < -0.4 is 14.5 Å².